The number of likely N-dealkylation sites (N-methyl/N-ethyl adjacent to an activating group) is 1. The van der Waals surface area contributed by atoms with Crippen molar-refractivity contribution in [1.29, 1.82) is 0 Å². The number of amides is 1. The van der Waals surface area contributed by atoms with Gasteiger partial charge in [0.25, 0.3) is 5.91 Å². The summed E-state index contributed by atoms with van der Waals surface area (Å²) in [7, 11) is 2.06. The average molecular weight is 364 g/mol. The lowest BCUT2D eigenvalue weighted by Crippen LogP contribution is -2.44. The van der Waals surface area contributed by atoms with E-state index in [-0.39, 0.29) is 5.82 Å². The van der Waals surface area contributed by atoms with Crippen LogP contribution in [0.5, 0.6) is 0 Å². The smallest absolute Gasteiger partial charge is 0.368 e. The molecule has 1 N–H and O–H groups in total. The molecule has 1 saturated heterocycles. The Hall–Kier alpha value is -2.61. The number of benzene rings is 1. The molecule has 1 amide bonds. The summed E-state index contributed by atoms with van der Waals surface area (Å²) in [5, 5.41) is 2.43. The maximum Gasteiger partial charge on any atom is 0.417 e. The topological polar surface area (TPSA) is 48.5 Å². The van der Waals surface area contributed by atoms with Crippen LogP contribution in [-0.2, 0) is 6.18 Å². The van der Waals surface area contributed by atoms with Gasteiger partial charge < -0.3 is 15.1 Å². The lowest BCUT2D eigenvalue weighted by molar-refractivity contribution is -0.137. The first-order valence-corrected chi connectivity index (χ1v) is 8.22. The Labute approximate surface area is 149 Å². The van der Waals surface area contributed by atoms with Gasteiger partial charge in [-0.15, -0.1) is 0 Å². The molecule has 5 nitrogen and oxygen atoms in total. The number of halogens is 3. The van der Waals surface area contributed by atoms with Crippen LogP contribution in [0.4, 0.5) is 24.7 Å². The van der Waals surface area contributed by atoms with Gasteiger partial charge in [0.05, 0.1) is 23.0 Å². The normalized spacial score (nSPS) is 15.8. The highest BCUT2D eigenvalue weighted by atomic mass is 19.4. The highest BCUT2D eigenvalue weighted by Crippen LogP contribution is 2.32. The number of carbonyl (C=O) groups is 1. The molecule has 138 valence electrons. The summed E-state index contributed by atoms with van der Waals surface area (Å²) in [6.07, 6.45) is -2.97. The van der Waals surface area contributed by atoms with E-state index in [2.05, 4.69) is 27.1 Å². The van der Waals surface area contributed by atoms with Crippen LogP contribution in [0.1, 0.15) is 15.9 Å². The third-order valence-electron chi connectivity index (χ3n) is 4.33. The number of hydrogen-bond donors (Lipinski definition) is 1. The van der Waals surface area contributed by atoms with Gasteiger partial charge in [-0.1, -0.05) is 12.1 Å². The van der Waals surface area contributed by atoms with E-state index in [9.17, 15) is 18.0 Å². The summed E-state index contributed by atoms with van der Waals surface area (Å²) in [6.45, 7) is 3.66. The highest BCUT2D eigenvalue weighted by Gasteiger charge is 2.34. The summed E-state index contributed by atoms with van der Waals surface area (Å²) in [6, 6.07) is 8.09. The molecule has 0 aliphatic carbocycles. The number of rotatable bonds is 3. The van der Waals surface area contributed by atoms with E-state index in [0.29, 0.717) is 0 Å². The number of nitrogens with zero attached hydrogens (tertiary/aromatic N) is 3. The summed E-state index contributed by atoms with van der Waals surface area (Å²) >= 11 is 0. The standard InChI is InChI=1S/C18H19F3N4O/c1-24-8-10-25(11-9-24)13-6-7-16(22-12-13)23-17(26)14-4-2-3-5-15(14)18(19,20)21/h2-7,12H,8-11H2,1H3,(H,22,23,26). The molecule has 1 aliphatic heterocycles. The Balaban J connectivity index is 1.71. The molecule has 0 atom stereocenters. The molecule has 1 aromatic carbocycles. The SMILES string of the molecule is CN1CCN(c2ccc(NC(=O)c3ccccc3C(F)(F)F)nc2)CC1. The van der Waals surface area contributed by atoms with E-state index in [1.165, 1.54) is 12.1 Å². The minimum atomic E-state index is -4.59. The van der Waals surface area contributed by atoms with E-state index < -0.39 is 23.2 Å². The van der Waals surface area contributed by atoms with Gasteiger partial charge in [0.2, 0.25) is 0 Å². The number of hydrogen-bond acceptors (Lipinski definition) is 4. The molecule has 0 bridgehead atoms. The largest absolute Gasteiger partial charge is 0.417 e. The number of anilines is 2. The van der Waals surface area contributed by atoms with Crippen molar-refractivity contribution in [2.45, 2.75) is 6.18 Å². The first-order valence-electron chi connectivity index (χ1n) is 8.22. The molecule has 0 saturated carbocycles. The van der Waals surface area contributed by atoms with E-state index in [1.54, 1.807) is 12.3 Å². The Bertz CT molecular complexity index is 769. The number of piperazine rings is 1. The van der Waals surface area contributed by atoms with Gasteiger partial charge in [-0.2, -0.15) is 13.2 Å². The highest BCUT2D eigenvalue weighted by molar-refractivity contribution is 6.05. The van der Waals surface area contributed by atoms with Crippen LogP contribution in [0, 0.1) is 0 Å². The molecule has 1 aromatic heterocycles. The number of carbonyl (C=O) groups excluding carboxylic acids is 1. The van der Waals surface area contributed by atoms with Crippen molar-refractivity contribution >= 4 is 17.4 Å². The van der Waals surface area contributed by atoms with Crippen molar-refractivity contribution in [3.05, 3.63) is 53.7 Å². The molecule has 0 radical (unpaired) electrons. The quantitative estimate of drug-likeness (QED) is 0.909. The second kappa shape index (κ2) is 7.33. The number of aromatic nitrogens is 1. The van der Waals surface area contributed by atoms with Crippen LogP contribution in [0.3, 0.4) is 0 Å². The summed E-state index contributed by atoms with van der Waals surface area (Å²) < 4.78 is 39.1. The molecule has 26 heavy (non-hydrogen) atoms. The Morgan fingerprint density at radius 1 is 1.08 bits per heavy atom. The third kappa shape index (κ3) is 4.13. The van der Waals surface area contributed by atoms with Crippen LogP contribution in [0.2, 0.25) is 0 Å². The molecule has 0 spiro atoms. The fourth-order valence-corrected chi connectivity index (χ4v) is 2.82. The monoisotopic (exact) mass is 364 g/mol. The van der Waals surface area contributed by atoms with E-state index >= 15 is 0 Å². The van der Waals surface area contributed by atoms with Crippen molar-refractivity contribution in [2.75, 3.05) is 43.4 Å². The predicted octanol–water partition coefficient (Wildman–Crippen LogP) is 3.10. The molecule has 2 aromatic rings. The van der Waals surface area contributed by atoms with Crippen LogP contribution in [0.15, 0.2) is 42.6 Å². The molecule has 0 unspecified atom stereocenters. The molecule has 8 heteroatoms. The van der Waals surface area contributed by atoms with Crippen LogP contribution >= 0.6 is 0 Å². The van der Waals surface area contributed by atoms with E-state index in [4.69, 9.17) is 0 Å². The molecule has 1 fully saturated rings. The summed E-state index contributed by atoms with van der Waals surface area (Å²) in [4.78, 5) is 20.8. The first-order chi connectivity index (χ1) is 12.3. The minimum absolute atomic E-state index is 0.213. The molecule has 3 rings (SSSR count). The molecule has 1 aliphatic rings. The molecular weight excluding hydrogens is 345 g/mol. The lowest BCUT2D eigenvalue weighted by atomic mass is 10.1. The molecule has 2 heterocycles. The second-order valence-electron chi connectivity index (χ2n) is 6.19. The van der Waals surface area contributed by atoms with Crippen LogP contribution in [0.25, 0.3) is 0 Å². The average Bonchev–Trinajstić information content (AvgIpc) is 2.62. The van der Waals surface area contributed by atoms with Gasteiger partial charge in [-0.05, 0) is 31.3 Å². The summed E-state index contributed by atoms with van der Waals surface area (Å²) in [5.74, 6) is -0.623. The fraction of sp³-hybridized carbons (Fsp3) is 0.333. The third-order valence-corrected chi connectivity index (χ3v) is 4.33. The fourth-order valence-electron chi connectivity index (χ4n) is 2.82. The van der Waals surface area contributed by atoms with Gasteiger partial charge >= 0.3 is 6.18 Å². The number of pyridine rings is 1. The van der Waals surface area contributed by atoms with E-state index in [1.807, 2.05) is 6.07 Å². The zero-order valence-electron chi connectivity index (χ0n) is 14.3. The number of nitrogens with one attached hydrogen (secondary N) is 1. The minimum Gasteiger partial charge on any atom is -0.368 e. The zero-order valence-corrected chi connectivity index (χ0v) is 14.3. The van der Waals surface area contributed by atoms with Gasteiger partial charge in [0.15, 0.2) is 0 Å². The van der Waals surface area contributed by atoms with Crippen molar-refractivity contribution in [3.8, 4) is 0 Å². The van der Waals surface area contributed by atoms with E-state index in [0.717, 1.165) is 44.0 Å². The first kappa shape index (κ1) is 18.2. The molecular formula is C18H19F3N4O. The Morgan fingerprint density at radius 3 is 2.38 bits per heavy atom. The van der Waals surface area contributed by atoms with Gasteiger partial charge in [0.1, 0.15) is 5.82 Å². The van der Waals surface area contributed by atoms with Crippen molar-refractivity contribution in [3.63, 3.8) is 0 Å². The lowest BCUT2D eigenvalue weighted by Gasteiger charge is -2.33. The Kier molecular flexibility index (Phi) is 5.13. The van der Waals surface area contributed by atoms with Crippen LogP contribution < -0.4 is 10.2 Å². The number of alkyl halides is 3. The van der Waals surface area contributed by atoms with Crippen LogP contribution in [-0.4, -0.2) is 49.0 Å². The predicted molar refractivity (Wildman–Crippen MR) is 93.3 cm³/mol. The van der Waals surface area contributed by atoms with Crippen molar-refractivity contribution in [2.24, 2.45) is 0 Å². The van der Waals surface area contributed by atoms with Gasteiger partial charge in [-0.3, -0.25) is 4.79 Å². The summed E-state index contributed by atoms with van der Waals surface area (Å²) in [5.41, 5.74) is -0.469. The Morgan fingerprint density at radius 2 is 1.77 bits per heavy atom. The van der Waals surface area contributed by atoms with Gasteiger partial charge in [0, 0.05) is 26.2 Å². The van der Waals surface area contributed by atoms with Crippen molar-refractivity contribution < 1.29 is 18.0 Å². The van der Waals surface area contributed by atoms with Crippen molar-refractivity contribution in [1.82, 2.24) is 9.88 Å². The second-order valence-corrected chi connectivity index (χ2v) is 6.19. The maximum atomic E-state index is 13.0. The van der Waals surface area contributed by atoms with Gasteiger partial charge in [-0.25, -0.2) is 4.98 Å². The maximum absolute atomic E-state index is 13.0. The zero-order chi connectivity index (χ0) is 18.7.